The van der Waals surface area contributed by atoms with Crippen molar-refractivity contribution in [1.82, 2.24) is 4.98 Å². The lowest BCUT2D eigenvalue weighted by atomic mass is 10.1. The fourth-order valence-corrected chi connectivity index (χ4v) is 1.55. The third-order valence-corrected chi connectivity index (χ3v) is 2.71. The first-order chi connectivity index (χ1) is 8.58. The van der Waals surface area contributed by atoms with Gasteiger partial charge in [0, 0.05) is 11.8 Å². The Morgan fingerprint density at radius 1 is 1.22 bits per heavy atom. The predicted molar refractivity (Wildman–Crippen MR) is 69.8 cm³/mol. The molecule has 0 aliphatic heterocycles. The van der Waals surface area contributed by atoms with Crippen LogP contribution >= 0.6 is 0 Å². The van der Waals surface area contributed by atoms with E-state index in [0.717, 1.165) is 11.1 Å². The summed E-state index contributed by atoms with van der Waals surface area (Å²) in [4.78, 5) is 16.1. The van der Waals surface area contributed by atoms with Gasteiger partial charge in [0.15, 0.2) is 0 Å². The number of anilines is 1. The average Bonchev–Trinajstić information content (AvgIpc) is 2.35. The van der Waals surface area contributed by atoms with E-state index in [4.69, 9.17) is 0 Å². The number of amides is 1. The molecule has 0 bridgehead atoms. The maximum Gasteiger partial charge on any atom is 0.256 e. The Bertz CT molecular complexity index is 594. The quantitative estimate of drug-likeness (QED) is 0.851. The minimum atomic E-state index is -0.285. The molecule has 0 aliphatic rings. The SMILES string of the molecule is Cc1ccc(C(=O)Nc2ncccc2C)cc1O. The molecule has 18 heavy (non-hydrogen) atoms. The Morgan fingerprint density at radius 3 is 2.67 bits per heavy atom. The van der Waals surface area contributed by atoms with E-state index >= 15 is 0 Å². The fraction of sp³-hybridized carbons (Fsp3) is 0.143. The van der Waals surface area contributed by atoms with Gasteiger partial charge in [-0.1, -0.05) is 12.1 Å². The molecule has 0 spiro atoms. The molecule has 2 rings (SSSR count). The van der Waals surface area contributed by atoms with Crippen LogP contribution in [0.15, 0.2) is 36.5 Å². The van der Waals surface area contributed by atoms with Crippen molar-refractivity contribution in [1.29, 1.82) is 0 Å². The van der Waals surface area contributed by atoms with Crippen molar-refractivity contribution >= 4 is 11.7 Å². The molecule has 0 saturated carbocycles. The molecule has 92 valence electrons. The number of rotatable bonds is 2. The molecule has 0 saturated heterocycles. The minimum Gasteiger partial charge on any atom is -0.508 e. The molecule has 1 amide bonds. The van der Waals surface area contributed by atoms with Crippen molar-refractivity contribution < 1.29 is 9.90 Å². The molecule has 0 unspecified atom stereocenters. The van der Waals surface area contributed by atoms with Crippen LogP contribution in [-0.2, 0) is 0 Å². The summed E-state index contributed by atoms with van der Waals surface area (Å²) >= 11 is 0. The van der Waals surface area contributed by atoms with Gasteiger partial charge in [-0.15, -0.1) is 0 Å². The van der Waals surface area contributed by atoms with E-state index in [2.05, 4.69) is 10.3 Å². The lowest BCUT2D eigenvalue weighted by Gasteiger charge is -2.07. The van der Waals surface area contributed by atoms with Crippen molar-refractivity contribution in [3.63, 3.8) is 0 Å². The van der Waals surface area contributed by atoms with Gasteiger partial charge in [0.2, 0.25) is 0 Å². The normalized spacial score (nSPS) is 10.1. The third-order valence-electron chi connectivity index (χ3n) is 2.71. The Labute approximate surface area is 105 Å². The van der Waals surface area contributed by atoms with Crippen molar-refractivity contribution in [2.75, 3.05) is 5.32 Å². The van der Waals surface area contributed by atoms with Gasteiger partial charge >= 0.3 is 0 Å². The number of nitrogens with one attached hydrogen (secondary N) is 1. The lowest BCUT2D eigenvalue weighted by Crippen LogP contribution is -2.13. The Balaban J connectivity index is 2.22. The molecule has 0 radical (unpaired) electrons. The lowest BCUT2D eigenvalue weighted by molar-refractivity contribution is 0.102. The molecular formula is C14H14N2O2. The fourth-order valence-electron chi connectivity index (χ4n) is 1.55. The van der Waals surface area contributed by atoms with E-state index in [1.807, 2.05) is 19.1 Å². The summed E-state index contributed by atoms with van der Waals surface area (Å²) < 4.78 is 0. The maximum atomic E-state index is 12.0. The van der Waals surface area contributed by atoms with Gasteiger partial charge in [-0.3, -0.25) is 4.79 Å². The van der Waals surface area contributed by atoms with Crippen LogP contribution in [0.2, 0.25) is 0 Å². The predicted octanol–water partition coefficient (Wildman–Crippen LogP) is 2.66. The summed E-state index contributed by atoms with van der Waals surface area (Å²) in [6.07, 6.45) is 1.62. The summed E-state index contributed by atoms with van der Waals surface area (Å²) in [5.74, 6) is 0.357. The number of aryl methyl sites for hydroxylation is 2. The molecule has 1 heterocycles. The van der Waals surface area contributed by atoms with Gasteiger partial charge in [-0.05, 0) is 43.2 Å². The molecule has 0 aliphatic carbocycles. The zero-order valence-corrected chi connectivity index (χ0v) is 10.3. The van der Waals surface area contributed by atoms with Gasteiger partial charge in [-0.25, -0.2) is 4.98 Å². The van der Waals surface area contributed by atoms with Crippen LogP contribution < -0.4 is 5.32 Å². The summed E-state index contributed by atoms with van der Waals surface area (Å²) in [7, 11) is 0. The van der Waals surface area contributed by atoms with Gasteiger partial charge in [0.25, 0.3) is 5.91 Å². The van der Waals surface area contributed by atoms with Gasteiger partial charge in [-0.2, -0.15) is 0 Å². The summed E-state index contributed by atoms with van der Waals surface area (Å²) in [6, 6.07) is 8.50. The Morgan fingerprint density at radius 2 is 2.00 bits per heavy atom. The number of phenolic OH excluding ortho intramolecular Hbond substituents is 1. The molecule has 2 aromatic rings. The van der Waals surface area contributed by atoms with E-state index in [1.165, 1.54) is 6.07 Å². The van der Waals surface area contributed by atoms with Gasteiger partial charge in [0.05, 0.1) is 0 Å². The number of aromatic nitrogens is 1. The highest BCUT2D eigenvalue weighted by molar-refractivity contribution is 6.04. The second kappa shape index (κ2) is 4.87. The minimum absolute atomic E-state index is 0.111. The highest BCUT2D eigenvalue weighted by atomic mass is 16.3. The number of nitrogens with zero attached hydrogens (tertiary/aromatic N) is 1. The highest BCUT2D eigenvalue weighted by Crippen LogP contribution is 2.18. The molecule has 2 N–H and O–H groups in total. The van der Waals surface area contributed by atoms with Crippen molar-refractivity contribution in [3.8, 4) is 5.75 Å². The van der Waals surface area contributed by atoms with Crippen LogP contribution in [-0.4, -0.2) is 16.0 Å². The first-order valence-electron chi connectivity index (χ1n) is 5.60. The number of carbonyl (C=O) groups excluding carboxylic acids is 1. The monoisotopic (exact) mass is 242 g/mol. The Kier molecular flexibility index (Phi) is 3.28. The highest BCUT2D eigenvalue weighted by Gasteiger charge is 2.09. The summed E-state index contributed by atoms with van der Waals surface area (Å²) in [6.45, 7) is 3.65. The standard InChI is InChI=1S/C14H14N2O2/c1-9-5-6-11(8-12(9)17)14(18)16-13-10(2)4-3-7-15-13/h3-8,17H,1-2H3,(H,15,16,18). The maximum absolute atomic E-state index is 12.0. The van der Waals surface area contributed by atoms with Crippen molar-refractivity contribution in [2.24, 2.45) is 0 Å². The van der Waals surface area contributed by atoms with Gasteiger partial charge in [0.1, 0.15) is 11.6 Å². The second-order valence-corrected chi connectivity index (χ2v) is 4.12. The van der Waals surface area contributed by atoms with Crippen molar-refractivity contribution in [3.05, 3.63) is 53.2 Å². The number of benzene rings is 1. The van der Waals surface area contributed by atoms with Crippen molar-refractivity contribution in [2.45, 2.75) is 13.8 Å². The number of hydrogen-bond donors (Lipinski definition) is 2. The Hall–Kier alpha value is -2.36. The molecule has 4 nitrogen and oxygen atoms in total. The number of phenols is 1. The summed E-state index contributed by atoms with van der Waals surface area (Å²) in [5.41, 5.74) is 2.03. The molecule has 0 atom stereocenters. The van der Waals surface area contributed by atoms with E-state index < -0.39 is 0 Å². The van der Waals surface area contributed by atoms with Crippen LogP contribution in [0, 0.1) is 13.8 Å². The molecular weight excluding hydrogens is 228 g/mol. The molecule has 1 aromatic heterocycles. The number of hydrogen-bond acceptors (Lipinski definition) is 3. The van der Waals surface area contributed by atoms with Crippen LogP contribution in [0.1, 0.15) is 21.5 Å². The van der Waals surface area contributed by atoms with E-state index in [0.29, 0.717) is 11.4 Å². The number of pyridine rings is 1. The van der Waals surface area contributed by atoms with Crippen LogP contribution in [0.25, 0.3) is 0 Å². The van der Waals surface area contributed by atoms with E-state index in [-0.39, 0.29) is 11.7 Å². The van der Waals surface area contributed by atoms with Crippen LogP contribution in [0.3, 0.4) is 0 Å². The smallest absolute Gasteiger partial charge is 0.256 e. The largest absolute Gasteiger partial charge is 0.508 e. The van der Waals surface area contributed by atoms with Crippen LogP contribution in [0.5, 0.6) is 5.75 Å². The van der Waals surface area contributed by atoms with E-state index in [1.54, 1.807) is 25.3 Å². The molecule has 1 aromatic carbocycles. The number of aromatic hydroxyl groups is 1. The average molecular weight is 242 g/mol. The summed E-state index contributed by atoms with van der Waals surface area (Å²) in [5, 5.41) is 12.3. The van der Waals surface area contributed by atoms with E-state index in [9.17, 15) is 9.90 Å². The second-order valence-electron chi connectivity index (χ2n) is 4.12. The van der Waals surface area contributed by atoms with Gasteiger partial charge < -0.3 is 10.4 Å². The topological polar surface area (TPSA) is 62.2 Å². The first-order valence-corrected chi connectivity index (χ1v) is 5.60. The zero-order chi connectivity index (χ0) is 13.1. The molecule has 4 heteroatoms. The molecule has 0 fully saturated rings. The number of carbonyl (C=O) groups is 1. The first kappa shape index (κ1) is 12.1. The zero-order valence-electron chi connectivity index (χ0n) is 10.3. The van der Waals surface area contributed by atoms with Crippen LogP contribution in [0.4, 0.5) is 5.82 Å². The third kappa shape index (κ3) is 2.48.